The van der Waals surface area contributed by atoms with E-state index in [0.717, 1.165) is 49.4 Å². The molecule has 1 aromatic rings. The number of aryl methyl sites for hydroxylation is 1. The van der Waals surface area contributed by atoms with Crippen molar-refractivity contribution in [2.24, 2.45) is 11.8 Å². The Labute approximate surface area is 137 Å². The zero-order chi connectivity index (χ0) is 16.4. The Morgan fingerprint density at radius 1 is 1.35 bits per heavy atom. The smallest absolute Gasteiger partial charge is 0.253 e. The van der Waals surface area contributed by atoms with E-state index in [4.69, 9.17) is 4.74 Å². The standard InChI is InChI=1S/C18H26N2O3/c1-19(2)9-15-10-20(11-16(15)12-21)18(22)14-5-6-17-13(8-14)4-3-7-23-17/h5-6,8,15-16,21H,3-4,7,9-12H2,1-2H3/t15-,16-/m1/s1. The predicted molar refractivity (Wildman–Crippen MR) is 88.8 cm³/mol. The van der Waals surface area contributed by atoms with E-state index in [1.165, 1.54) is 0 Å². The molecule has 0 spiro atoms. The molecule has 1 saturated heterocycles. The molecule has 1 fully saturated rings. The molecule has 0 unspecified atom stereocenters. The number of benzene rings is 1. The Morgan fingerprint density at radius 2 is 2.13 bits per heavy atom. The Kier molecular flexibility index (Phi) is 4.87. The maximum absolute atomic E-state index is 12.8. The summed E-state index contributed by atoms with van der Waals surface area (Å²) in [6, 6.07) is 5.75. The van der Waals surface area contributed by atoms with E-state index in [1.54, 1.807) is 0 Å². The first-order valence-electron chi connectivity index (χ1n) is 8.39. The average molecular weight is 318 g/mol. The highest BCUT2D eigenvalue weighted by Gasteiger charge is 2.35. The van der Waals surface area contributed by atoms with Gasteiger partial charge < -0.3 is 19.6 Å². The molecular weight excluding hydrogens is 292 g/mol. The molecule has 1 N–H and O–H groups in total. The number of rotatable bonds is 4. The zero-order valence-electron chi connectivity index (χ0n) is 14.0. The fraction of sp³-hybridized carbons (Fsp3) is 0.611. The zero-order valence-corrected chi connectivity index (χ0v) is 14.0. The van der Waals surface area contributed by atoms with Crippen LogP contribution in [0.25, 0.3) is 0 Å². The third-order valence-corrected chi connectivity index (χ3v) is 4.85. The minimum Gasteiger partial charge on any atom is -0.493 e. The number of carbonyl (C=O) groups excluding carboxylic acids is 1. The van der Waals surface area contributed by atoms with E-state index in [2.05, 4.69) is 4.90 Å². The SMILES string of the molecule is CN(C)C[C@@H]1CN(C(=O)c2ccc3c(c2)CCCO3)C[C@@H]1CO. The van der Waals surface area contributed by atoms with Gasteiger partial charge in [0.2, 0.25) is 0 Å². The van der Waals surface area contributed by atoms with Crippen molar-refractivity contribution in [3.8, 4) is 5.75 Å². The number of ether oxygens (including phenoxy) is 1. The molecule has 0 bridgehead atoms. The van der Waals surface area contributed by atoms with Crippen LogP contribution in [0.2, 0.25) is 0 Å². The second-order valence-electron chi connectivity index (χ2n) is 6.95. The number of hydrogen-bond acceptors (Lipinski definition) is 4. The normalized spacial score (nSPS) is 23.7. The molecule has 2 aliphatic heterocycles. The van der Waals surface area contributed by atoms with Gasteiger partial charge in [0.15, 0.2) is 0 Å². The molecule has 3 rings (SSSR count). The highest BCUT2D eigenvalue weighted by atomic mass is 16.5. The minimum atomic E-state index is 0.0677. The number of hydrogen-bond donors (Lipinski definition) is 1. The van der Waals surface area contributed by atoms with E-state index < -0.39 is 0 Å². The molecule has 0 radical (unpaired) electrons. The first-order valence-corrected chi connectivity index (χ1v) is 8.39. The van der Waals surface area contributed by atoms with Gasteiger partial charge >= 0.3 is 0 Å². The quantitative estimate of drug-likeness (QED) is 0.908. The lowest BCUT2D eigenvalue weighted by atomic mass is 9.97. The van der Waals surface area contributed by atoms with Crippen LogP contribution < -0.4 is 4.74 Å². The number of amides is 1. The van der Waals surface area contributed by atoms with Gasteiger partial charge in [-0.2, -0.15) is 0 Å². The number of aliphatic hydroxyl groups is 1. The molecule has 23 heavy (non-hydrogen) atoms. The van der Waals surface area contributed by atoms with Crippen molar-refractivity contribution in [3.63, 3.8) is 0 Å². The Bertz CT molecular complexity index is 573. The number of carbonyl (C=O) groups is 1. The fourth-order valence-corrected chi connectivity index (χ4v) is 3.66. The van der Waals surface area contributed by atoms with Gasteiger partial charge in [0.05, 0.1) is 6.61 Å². The minimum absolute atomic E-state index is 0.0677. The van der Waals surface area contributed by atoms with E-state index in [1.807, 2.05) is 37.2 Å². The Balaban J connectivity index is 1.73. The van der Waals surface area contributed by atoms with E-state index in [-0.39, 0.29) is 18.4 Å². The number of nitrogens with zero attached hydrogens (tertiary/aromatic N) is 2. The van der Waals surface area contributed by atoms with Crippen LogP contribution in [0.3, 0.4) is 0 Å². The van der Waals surface area contributed by atoms with Crippen molar-refractivity contribution < 1.29 is 14.6 Å². The van der Waals surface area contributed by atoms with Crippen molar-refractivity contribution in [1.29, 1.82) is 0 Å². The summed E-state index contributed by atoms with van der Waals surface area (Å²) < 4.78 is 5.62. The molecule has 126 valence electrons. The second-order valence-corrected chi connectivity index (χ2v) is 6.95. The lowest BCUT2D eigenvalue weighted by Crippen LogP contribution is -2.31. The van der Waals surface area contributed by atoms with Gasteiger partial charge in [0.25, 0.3) is 5.91 Å². The molecule has 0 saturated carbocycles. The van der Waals surface area contributed by atoms with Gasteiger partial charge in [-0.05, 0) is 56.6 Å². The summed E-state index contributed by atoms with van der Waals surface area (Å²) in [5.74, 6) is 1.48. The van der Waals surface area contributed by atoms with Crippen molar-refractivity contribution in [2.45, 2.75) is 12.8 Å². The van der Waals surface area contributed by atoms with Gasteiger partial charge in [-0.1, -0.05) is 0 Å². The van der Waals surface area contributed by atoms with E-state index in [9.17, 15) is 9.90 Å². The summed E-state index contributed by atoms with van der Waals surface area (Å²) in [5.41, 5.74) is 1.86. The van der Waals surface area contributed by atoms with Crippen LogP contribution in [0.5, 0.6) is 5.75 Å². The van der Waals surface area contributed by atoms with Crippen LogP contribution in [0, 0.1) is 11.8 Å². The molecule has 5 nitrogen and oxygen atoms in total. The highest BCUT2D eigenvalue weighted by Crippen LogP contribution is 2.28. The fourth-order valence-electron chi connectivity index (χ4n) is 3.66. The Morgan fingerprint density at radius 3 is 2.87 bits per heavy atom. The molecule has 0 aliphatic carbocycles. The van der Waals surface area contributed by atoms with Crippen LogP contribution in [-0.4, -0.2) is 67.8 Å². The lowest BCUT2D eigenvalue weighted by Gasteiger charge is -2.21. The summed E-state index contributed by atoms with van der Waals surface area (Å²) in [5, 5.41) is 9.60. The van der Waals surface area contributed by atoms with Gasteiger partial charge in [0.1, 0.15) is 5.75 Å². The van der Waals surface area contributed by atoms with Crippen molar-refractivity contribution >= 4 is 5.91 Å². The van der Waals surface area contributed by atoms with Gasteiger partial charge in [0, 0.05) is 37.7 Å². The molecule has 2 atom stereocenters. The van der Waals surface area contributed by atoms with Crippen LogP contribution in [-0.2, 0) is 6.42 Å². The molecule has 0 aromatic heterocycles. The lowest BCUT2D eigenvalue weighted by molar-refractivity contribution is 0.0779. The molecule has 1 amide bonds. The average Bonchev–Trinajstić information content (AvgIpc) is 2.95. The number of aliphatic hydroxyl groups excluding tert-OH is 1. The monoisotopic (exact) mass is 318 g/mol. The number of fused-ring (bicyclic) bond motifs is 1. The molecule has 2 aliphatic rings. The molecular formula is C18H26N2O3. The summed E-state index contributed by atoms with van der Waals surface area (Å²) in [6.45, 7) is 3.15. The summed E-state index contributed by atoms with van der Waals surface area (Å²) in [4.78, 5) is 16.8. The second kappa shape index (κ2) is 6.89. The largest absolute Gasteiger partial charge is 0.493 e. The Hall–Kier alpha value is -1.59. The third-order valence-electron chi connectivity index (χ3n) is 4.85. The predicted octanol–water partition coefficient (Wildman–Crippen LogP) is 1.25. The third kappa shape index (κ3) is 3.51. The molecule has 5 heteroatoms. The van der Waals surface area contributed by atoms with Gasteiger partial charge in [-0.3, -0.25) is 4.79 Å². The topological polar surface area (TPSA) is 53.0 Å². The van der Waals surface area contributed by atoms with Gasteiger partial charge in [-0.15, -0.1) is 0 Å². The summed E-state index contributed by atoms with van der Waals surface area (Å²) in [6.07, 6.45) is 1.98. The first-order chi connectivity index (χ1) is 11.1. The van der Waals surface area contributed by atoms with E-state index >= 15 is 0 Å². The molecule has 2 heterocycles. The van der Waals surface area contributed by atoms with Crippen LogP contribution >= 0.6 is 0 Å². The maximum atomic E-state index is 12.8. The van der Waals surface area contributed by atoms with Crippen molar-refractivity contribution in [2.75, 3.05) is 46.9 Å². The summed E-state index contributed by atoms with van der Waals surface area (Å²) in [7, 11) is 4.06. The maximum Gasteiger partial charge on any atom is 0.253 e. The summed E-state index contributed by atoms with van der Waals surface area (Å²) >= 11 is 0. The van der Waals surface area contributed by atoms with Crippen LogP contribution in [0.1, 0.15) is 22.3 Å². The van der Waals surface area contributed by atoms with Crippen molar-refractivity contribution in [3.05, 3.63) is 29.3 Å². The van der Waals surface area contributed by atoms with Gasteiger partial charge in [-0.25, -0.2) is 0 Å². The van der Waals surface area contributed by atoms with Crippen LogP contribution in [0.15, 0.2) is 18.2 Å². The van der Waals surface area contributed by atoms with E-state index in [0.29, 0.717) is 12.5 Å². The highest BCUT2D eigenvalue weighted by molar-refractivity contribution is 5.94. The molecule has 1 aromatic carbocycles. The van der Waals surface area contributed by atoms with Crippen molar-refractivity contribution in [1.82, 2.24) is 9.80 Å². The van der Waals surface area contributed by atoms with Crippen LogP contribution in [0.4, 0.5) is 0 Å². The number of likely N-dealkylation sites (tertiary alicyclic amines) is 1. The first kappa shape index (κ1) is 16.3.